The van der Waals surface area contributed by atoms with Crippen LogP contribution in [0.5, 0.6) is 5.75 Å². The van der Waals surface area contributed by atoms with Gasteiger partial charge in [0.2, 0.25) is 0 Å². The lowest BCUT2D eigenvalue weighted by atomic mass is 10.3. The van der Waals surface area contributed by atoms with Crippen molar-refractivity contribution in [3.63, 3.8) is 0 Å². The second-order valence-electron chi connectivity index (χ2n) is 5.91. The quantitative estimate of drug-likeness (QED) is 0.540. The van der Waals surface area contributed by atoms with Crippen LogP contribution >= 0.6 is 23.2 Å². The van der Waals surface area contributed by atoms with Crippen molar-refractivity contribution in [3.05, 3.63) is 82.8 Å². The Morgan fingerprint density at radius 2 is 1.59 bits per heavy atom. The van der Waals surface area contributed by atoms with E-state index in [0.717, 1.165) is 0 Å². The van der Waals surface area contributed by atoms with Gasteiger partial charge in [0.1, 0.15) is 5.75 Å². The molecule has 0 spiro atoms. The molecule has 9 heteroatoms. The molecule has 3 rings (SSSR count). The molecule has 3 aromatic rings. The number of sulfonamides is 1. The van der Waals surface area contributed by atoms with Crippen molar-refractivity contribution in [2.24, 2.45) is 0 Å². The van der Waals surface area contributed by atoms with Crippen LogP contribution in [0.3, 0.4) is 0 Å². The van der Waals surface area contributed by atoms with Crippen LogP contribution in [0.1, 0.15) is 0 Å². The summed E-state index contributed by atoms with van der Waals surface area (Å²) in [6.07, 6.45) is 0. The lowest BCUT2D eigenvalue weighted by molar-refractivity contribution is -0.118. The van der Waals surface area contributed by atoms with Crippen molar-refractivity contribution in [1.29, 1.82) is 0 Å². The summed E-state index contributed by atoms with van der Waals surface area (Å²) in [5.74, 6) is -0.206. The number of amides is 1. The summed E-state index contributed by atoms with van der Waals surface area (Å²) in [6, 6.07) is 19.1. The lowest BCUT2D eigenvalue weighted by Gasteiger charge is -2.11. The average molecular weight is 451 g/mol. The molecule has 0 unspecified atom stereocenters. The Morgan fingerprint density at radius 3 is 2.24 bits per heavy atom. The second kappa shape index (κ2) is 9.17. The van der Waals surface area contributed by atoms with E-state index in [1.807, 2.05) is 0 Å². The smallest absolute Gasteiger partial charge is 0.262 e. The zero-order chi connectivity index (χ0) is 20.9. The van der Waals surface area contributed by atoms with Gasteiger partial charge >= 0.3 is 0 Å². The molecule has 0 saturated carbocycles. The maximum Gasteiger partial charge on any atom is 0.262 e. The molecule has 0 aromatic heterocycles. The molecule has 0 aliphatic rings. The molecule has 150 valence electrons. The van der Waals surface area contributed by atoms with Crippen molar-refractivity contribution in [2.45, 2.75) is 4.90 Å². The number of para-hydroxylation sites is 1. The molecule has 0 radical (unpaired) electrons. The largest absolute Gasteiger partial charge is 0.482 e. The Morgan fingerprint density at radius 1 is 0.897 bits per heavy atom. The van der Waals surface area contributed by atoms with Crippen LogP contribution in [0.15, 0.2) is 77.7 Å². The van der Waals surface area contributed by atoms with Gasteiger partial charge in [-0.2, -0.15) is 0 Å². The zero-order valence-corrected chi connectivity index (χ0v) is 17.3. The number of benzene rings is 3. The first-order chi connectivity index (χ1) is 13.8. The van der Waals surface area contributed by atoms with E-state index >= 15 is 0 Å². The molecule has 0 fully saturated rings. The van der Waals surface area contributed by atoms with Gasteiger partial charge in [-0.1, -0.05) is 41.4 Å². The van der Waals surface area contributed by atoms with Gasteiger partial charge in [-0.05, 0) is 54.6 Å². The molecule has 1 amide bonds. The number of hydrogen-bond acceptors (Lipinski definition) is 4. The number of ether oxygens (including phenoxy) is 1. The summed E-state index contributed by atoms with van der Waals surface area (Å²) < 4.78 is 32.8. The van der Waals surface area contributed by atoms with Gasteiger partial charge in [-0.3, -0.25) is 9.52 Å². The molecule has 0 heterocycles. The van der Waals surface area contributed by atoms with E-state index in [9.17, 15) is 13.2 Å². The van der Waals surface area contributed by atoms with Crippen LogP contribution in [-0.4, -0.2) is 20.9 Å². The molecule has 6 nitrogen and oxygen atoms in total. The topological polar surface area (TPSA) is 84.5 Å². The minimum absolute atomic E-state index is 0.0238. The summed E-state index contributed by atoms with van der Waals surface area (Å²) >= 11 is 11.9. The monoisotopic (exact) mass is 450 g/mol. The maximum absolute atomic E-state index is 12.5. The van der Waals surface area contributed by atoms with Crippen molar-refractivity contribution < 1.29 is 17.9 Å². The molecule has 2 N–H and O–H groups in total. The number of carbonyl (C=O) groups excluding carboxylic acids is 1. The standard InChI is InChI=1S/C20H16Cl2N2O4S/c21-14-6-8-15(9-7-14)23-20(25)13-28-19-11-10-17(12-18(19)22)29(26,27)24-16-4-2-1-3-5-16/h1-12,24H,13H2,(H,23,25). The Bertz CT molecular complexity index is 1110. The number of anilines is 2. The molecule has 0 saturated heterocycles. The predicted molar refractivity (Wildman–Crippen MR) is 114 cm³/mol. The van der Waals surface area contributed by atoms with Crippen LogP contribution in [0.25, 0.3) is 0 Å². The number of halogens is 2. The minimum Gasteiger partial charge on any atom is -0.482 e. The highest BCUT2D eigenvalue weighted by Crippen LogP contribution is 2.28. The van der Waals surface area contributed by atoms with E-state index < -0.39 is 15.9 Å². The Labute approximate surface area is 178 Å². The van der Waals surface area contributed by atoms with Gasteiger partial charge in [0, 0.05) is 16.4 Å². The molecule has 3 aromatic carbocycles. The average Bonchev–Trinajstić information content (AvgIpc) is 2.69. The van der Waals surface area contributed by atoms with E-state index in [0.29, 0.717) is 16.4 Å². The molecule has 0 aliphatic carbocycles. The van der Waals surface area contributed by atoms with Crippen LogP contribution in [0.2, 0.25) is 10.0 Å². The first-order valence-electron chi connectivity index (χ1n) is 8.39. The molecular weight excluding hydrogens is 435 g/mol. The predicted octanol–water partition coefficient (Wildman–Crippen LogP) is 4.81. The SMILES string of the molecule is O=C(COc1ccc(S(=O)(=O)Nc2ccccc2)cc1Cl)Nc1ccc(Cl)cc1. The highest BCUT2D eigenvalue weighted by Gasteiger charge is 2.17. The number of nitrogens with one attached hydrogen (secondary N) is 2. The van der Waals surface area contributed by atoms with Gasteiger partial charge in [0.05, 0.1) is 9.92 Å². The highest BCUT2D eigenvalue weighted by molar-refractivity contribution is 7.92. The van der Waals surface area contributed by atoms with Gasteiger partial charge in [-0.25, -0.2) is 8.42 Å². The van der Waals surface area contributed by atoms with Crippen molar-refractivity contribution >= 4 is 50.5 Å². The fraction of sp³-hybridized carbons (Fsp3) is 0.0500. The van der Waals surface area contributed by atoms with E-state index in [2.05, 4.69) is 10.0 Å². The normalized spacial score (nSPS) is 11.0. The van der Waals surface area contributed by atoms with E-state index in [-0.39, 0.29) is 22.3 Å². The fourth-order valence-corrected chi connectivity index (χ4v) is 3.87. The van der Waals surface area contributed by atoms with Gasteiger partial charge in [0.25, 0.3) is 15.9 Å². The Balaban J connectivity index is 1.63. The van der Waals surface area contributed by atoms with Crippen LogP contribution in [-0.2, 0) is 14.8 Å². The third-order valence-corrected chi connectivity index (χ3v) is 5.65. The lowest BCUT2D eigenvalue weighted by Crippen LogP contribution is -2.20. The van der Waals surface area contributed by atoms with Gasteiger partial charge in [-0.15, -0.1) is 0 Å². The van der Waals surface area contributed by atoms with E-state index in [1.165, 1.54) is 18.2 Å². The fourth-order valence-electron chi connectivity index (χ4n) is 2.36. The summed E-state index contributed by atoms with van der Waals surface area (Å²) in [4.78, 5) is 12.0. The Hall–Kier alpha value is -2.74. The van der Waals surface area contributed by atoms with Crippen molar-refractivity contribution in [2.75, 3.05) is 16.6 Å². The highest BCUT2D eigenvalue weighted by atomic mass is 35.5. The third-order valence-electron chi connectivity index (χ3n) is 3.73. The molecule has 0 atom stereocenters. The number of rotatable bonds is 7. The van der Waals surface area contributed by atoms with Gasteiger partial charge < -0.3 is 10.1 Å². The summed E-state index contributed by atoms with van der Waals surface area (Å²) in [6.45, 7) is -0.295. The van der Waals surface area contributed by atoms with E-state index in [4.69, 9.17) is 27.9 Å². The van der Waals surface area contributed by atoms with Crippen molar-refractivity contribution in [1.82, 2.24) is 0 Å². The van der Waals surface area contributed by atoms with Crippen LogP contribution in [0.4, 0.5) is 11.4 Å². The molecule has 0 aliphatic heterocycles. The first-order valence-corrected chi connectivity index (χ1v) is 10.6. The van der Waals surface area contributed by atoms with Gasteiger partial charge in [0.15, 0.2) is 6.61 Å². The summed E-state index contributed by atoms with van der Waals surface area (Å²) in [7, 11) is -3.81. The third kappa shape index (κ3) is 5.87. The Kier molecular flexibility index (Phi) is 6.64. The zero-order valence-electron chi connectivity index (χ0n) is 14.9. The summed E-state index contributed by atoms with van der Waals surface area (Å²) in [5, 5.41) is 3.28. The minimum atomic E-state index is -3.81. The number of hydrogen-bond donors (Lipinski definition) is 2. The maximum atomic E-state index is 12.5. The van der Waals surface area contributed by atoms with Crippen molar-refractivity contribution in [3.8, 4) is 5.75 Å². The second-order valence-corrected chi connectivity index (χ2v) is 8.43. The number of carbonyl (C=O) groups is 1. The van der Waals surface area contributed by atoms with Crippen LogP contribution < -0.4 is 14.8 Å². The van der Waals surface area contributed by atoms with Crippen LogP contribution in [0, 0.1) is 0 Å². The van der Waals surface area contributed by atoms with E-state index in [1.54, 1.807) is 54.6 Å². The molecular formula is C20H16Cl2N2O4S. The molecule has 29 heavy (non-hydrogen) atoms. The molecule has 0 bridgehead atoms. The summed E-state index contributed by atoms with van der Waals surface area (Å²) in [5.41, 5.74) is 1.00. The first kappa shape index (κ1) is 21.0.